The molecule has 2 atom stereocenters. The van der Waals surface area contributed by atoms with Crippen LogP contribution in [0.25, 0.3) is 27.4 Å². The molecule has 0 spiro atoms. The van der Waals surface area contributed by atoms with Gasteiger partial charge in [-0.25, -0.2) is 14.6 Å². The number of halogens is 1. The average Bonchev–Trinajstić information content (AvgIpc) is 3.51. The third-order valence-electron chi connectivity index (χ3n) is 6.26. The van der Waals surface area contributed by atoms with Crippen LogP contribution >= 0.6 is 27.3 Å². The van der Waals surface area contributed by atoms with Gasteiger partial charge in [0.15, 0.2) is 10.7 Å². The minimum atomic E-state index is -0.312. The Balaban J connectivity index is 1.42. The van der Waals surface area contributed by atoms with E-state index in [1.165, 1.54) is 11.3 Å². The molecule has 1 amide bonds. The van der Waals surface area contributed by atoms with Crippen LogP contribution in [0.2, 0.25) is 0 Å². The Morgan fingerprint density at radius 3 is 2.85 bits per heavy atom. The highest BCUT2D eigenvalue weighted by Crippen LogP contribution is 2.42. The topological polar surface area (TPSA) is 111 Å². The van der Waals surface area contributed by atoms with E-state index in [2.05, 4.69) is 46.5 Å². The van der Waals surface area contributed by atoms with Crippen LogP contribution in [0.1, 0.15) is 37.0 Å². The van der Waals surface area contributed by atoms with Gasteiger partial charge in [-0.1, -0.05) is 18.3 Å². The van der Waals surface area contributed by atoms with E-state index < -0.39 is 0 Å². The molecular weight excluding hydrogens is 504 g/mol. The molecule has 1 aliphatic rings. The fourth-order valence-corrected chi connectivity index (χ4v) is 5.63. The SMILES string of the molecule is CNC(=O)C1(C)CCC(Cc2ncc3c(Br)nn(-c4ccc(-c5nnc(C)s5)nc4)c3n2)C1. The number of hydrogen-bond donors (Lipinski definition) is 1. The number of aromatic nitrogens is 7. The standard InChI is InChI=1S/C22H23BrN8OS/c1-12-28-29-20(33-12)16-5-4-14(10-25-16)31-19-15(18(23)30-31)11-26-17(27-19)8-13-6-7-22(2,9-13)21(32)24-3/h4-5,10-11,13H,6-9H2,1-3H3,(H,24,32). The normalized spacial score (nSPS) is 20.4. The van der Waals surface area contributed by atoms with Crippen molar-refractivity contribution in [3.05, 3.63) is 40.0 Å². The van der Waals surface area contributed by atoms with E-state index in [0.717, 1.165) is 63.9 Å². The van der Waals surface area contributed by atoms with Crippen molar-refractivity contribution in [3.63, 3.8) is 0 Å². The van der Waals surface area contributed by atoms with Gasteiger partial charge in [0.2, 0.25) is 5.91 Å². The van der Waals surface area contributed by atoms with Gasteiger partial charge in [0.05, 0.1) is 17.3 Å². The van der Waals surface area contributed by atoms with Crippen LogP contribution in [0, 0.1) is 18.3 Å². The molecule has 9 nitrogen and oxygen atoms in total. The second-order valence-corrected chi connectivity index (χ2v) is 10.6. The van der Waals surface area contributed by atoms with Crippen molar-refractivity contribution in [2.75, 3.05) is 7.05 Å². The highest BCUT2D eigenvalue weighted by molar-refractivity contribution is 9.10. The molecule has 0 aliphatic heterocycles. The van der Waals surface area contributed by atoms with Crippen molar-refractivity contribution in [3.8, 4) is 16.4 Å². The Morgan fingerprint density at radius 1 is 1.30 bits per heavy atom. The van der Waals surface area contributed by atoms with Crippen LogP contribution in [0.4, 0.5) is 0 Å². The summed E-state index contributed by atoms with van der Waals surface area (Å²) in [5.41, 5.74) is 1.98. The number of nitrogens with zero attached hydrogens (tertiary/aromatic N) is 7. The van der Waals surface area contributed by atoms with Gasteiger partial charge in [-0.05, 0) is 60.2 Å². The summed E-state index contributed by atoms with van der Waals surface area (Å²) in [6.45, 7) is 3.96. The summed E-state index contributed by atoms with van der Waals surface area (Å²) in [6, 6.07) is 3.86. The lowest BCUT2D eigenvalue weighted by Gasteiger charge is -2.21. The van der Waals surface area contributed by atoms with Crippen molar-refractivity contribution >= 4 is 44.2 Å². The first-order chi connectivity index (χ1) is 15.9. The highest BCUT2D eigenvalue weighted by Gasteiger charge is 2.40. The highest BCUT2D eigenvalue weighted by atomic mass is 79.9. The molecule has 1 N–H and O–H groups in total. The Bertz CT molecular complexity index is 1330. The second kappa shape index (κ2) is 8.53. The predicted octanol–water partition coefficient (Wildman–Crippen LogP) is 3.89. The zero-order valence-corrected chi connectivity index (χ0v) is 20.9. The number of hydrogen-bond acceptors (Lipinski definition) is 8. The van der Waals surface area contributed by atoms with Crippen LogP contribution < -0.4 is 5.32 Å². The Morgan fingerprint density at radius 2 is 2.15 bits per heavy atom. The molecule has 4 aromatic rings. The molecule has 0 saturated heterocycles. The summed E-state index contributed by atoms with van der Waals surface area (Å²) in [5, 5.41) is 18.2. The van der Waals surface area contributed by atoms with Crippen LogP contribution in [0.5, 0.6) is 0 Å². The molecule has 0 aromatic carbocycles. The molecule has 4 heterocycles. The summed E-state index contributed by atoms with van der Waals surface area (Å²) < 4.78 is 2.46. The summed E-state index contributed by atoms with van der Waals surface area (Å²) in [6.07, 6.45) is 7.02. The minimum absolute atomic E-state index is 0.114. The summed E-state index contributed by atoms with van der Waals surface area (Å²) in [7, 11) is 1.70. The first-order valence-corrected chi connectivity index (χ1v) is 12.4. The molecule has 33 heavy (non-hydrogen) atoms. The van der Waals surface area contributed by atoms with Crippen molar-refractivity contribution in [1.29, 1.82) is 0 Å². The van der Waals surface area contributed by atoms with E-state index in [4.69, 9.17) is 4.98 Å². The predicted molar refractivity (Wildman–Crippen MR) is 129 cm³/mol. The first-order valence-electron chi connectivity index (χ1n) is 10.8. The van der Waals surface area contributed by atoms with E-state index in [1.807, 2.05) is 32.2 Å². The first kappa shape index (κ1) is 22.0. The summed E-state index contributed by atoms with van der Waals surface area (Å²) in [5.74, 6) is 1.25. The molecule has 0 bridgehead atoms. The quantitative estimate of drug-likeness (QED) is 0.419. The Kier molecular flexibility index (Phi) is 5.69. The van der Waals surface area contributed by atoms with Crippen molar-refractivity contribution in [2.24, 2.45) is 11.3 Å². The van der Waals surface area contributed by atoms with Crippen molar-refractivity contribution in [1.82, 2.24) is 40.2 Å². The van der Waals surface area contributed by atoms with E-state index in [0.29, 0.717) is 10.5 Å². The summed E-state index contributed by atoms with van der Waals surface area (Å²) in [4.78, 5) is 26.2. The van der Waals surface area contributed by atoms with E-state index >= 15 is 0 Å². The number of rotatable bonds is 5. The van der Waals surface area contributed by atoms with E-state index in [-0.39, 0.29) is 11.3 Å². The third kappa shape index (κ3) is 4.15. The molecule has 5 rings (SSSR count). The van der Waals surface area contributed by atoms with Crippen LogP contribution in [0.15, 0.2) is 29.1 Å². The lowest BCUT2D eigenvalue weighted by atomic mass is 9.86. The van der Waals surface area contributed by atoms with E-state index in [1.54, 1.807) is 17.9 Å². The molecule has 0 radical (unpaired) electrons. The molecule has 1 saturated carbocycles. The van der Waals surface area contributed by atoms with E-state index in [9.17, 15) is 4.79 Å². The van der Waals surface area contributed by atoms with Crippen LogP contribution in [-0.2, 0) is 11.2 Å². The number of aryl methyl sites for hydroxylation is 1. The maximum absolute atomic E-state index is 12.3. The molecule has 2 unspecified atom stereocenters. The fraction of sp³-hybridized carbons (Fsp3) is 0.409. The number of carbonyl (C=O) groups is 1. The van der Waals surface area contributed by atoms with Gasteiger partial charge < -0.3 is 5.32 Å². The minimum Gasteiger partial charge on any atom is -0.359 e. The number of nitrogens with one attached hydrogen (secondary N) is 1. The van der Waals surface area contributed by atoms with Crippen molar-refractivity contribution in [2.45, 2.75) is 39.5 Å². The zero-order chi connectivity index (χ0) is 23.2. The van der Waals surface area contributed by atoms with Gasteiger partial charge in [0.1, 0.15) is 21.1 Å². The van der Waals surface area contributed by atoms with Gasteiger partial charge in [-0.15, -0.1) is 10.2 Å². The molecule has 1 aliphatic carbocycles. The fourth-order valence-electron chi connectivity index (χ4n) is 4.52. The molecule has 170 valence electrons. The largest absolute Gasteiger partial charge is 0.359 e. The van der Waals surface area contributed by atoms with Crippen LogP contribution in [-0.4, -0.2) is 47.9 Å². The lowest BCUT2D eigenvalue weighted by Crippen LogP contribution is -2.35. The van der Waals surface area contributed by atoms with Gasteiger partial charge in [-0.3, -0.25) is 9.78 Å². The maximum Gasteiger partial charge on any atom is 0.225 e. The Labute approximate surface area is 203 Å². The number of amides is 1. The number of fused-ring (bicyclic) bond motifs is 1. The summed E-state index contributed by atoms with van der Waals surface area (Å²) >= 11 is 5.04. The van der Waals surface area contributed by atoms with Gasteiger partial charge in [-0.2, -0.15) is 5.10 Å². The lowest BCUT2D eigenvalue weighted by molar-refractivity contribution is -0.129. The maximum atomic E-state index is 12.3. The monoisotopic (exact) mass is 526 g/mol. The number of pyridine rings is 1. The zero-order valence-electron chi connectivity index (χ0n) is 18.5. The van der Waals surface area contributed by atoms with Gasteiger partial charge in [0.25, 0.3) is 0 Å². The Hall–Kier alpha value is -2.79. The average molecular weight is 527 g/mol. The molecule has 11 heteroatoms. The molecule has 1 fully saturated rings. The molecular formula is C22H23BrN8OS. The third-order valence-corrected chi connectivity index (χ3v) is 7.70. The number of carbonyl (C=O) groups excluding carboxylic acids is 1. The van der Waals surface area contributed by atoms with Gasteiger partial charge >= 0.3 is 0 Å². The van der Waals surface area contributed by atoms with Crippen LogP contribution in [0.3, 0.4) is 0 Å². The van der Waals surface area contributed by atoms with Crippen molar-refractivity contribution < 1.29 is 4.79 Å². The molecule has 4 aromatic heterocycles. The van der Waals surface area contributed by atoms with Gasteiger partial charge in [0, 0.05) is 25.1 Å². The smallest absolute Gasteiger partial charge is 0.225 e. The second-order valence-electron chi connectivity index (χ2n) is 8.71.